The summed E-state index contributed by atoms with van der Waals surface area (Å²) in [6, 6.07) is 0. The zero-order valence-electron chi connectivity index (χ0n) is 13.7. The molecule has 0 spiro atoms. The molecule has 4 rings (SSSR count). The molecule has 0 bridgehead atoms. The van der Waals surface area contributed by atoms with Crippen molar-refractivity contribution in [2.45, 2.75) is 50.7 Å². The molecule has 0 atom stereocenters. The van der Waals surface area contributed by atoms with E-state index in [9.17, 15) is 13.2 Å². The summed E-state index contributed by atoms with van der Waals surface area (Å²) < 4.78 is 36.8. The first-order valence-corrected chi connectivity index (χ1v) is 9.88. The molecule has 134 valence electrons. The van der Waals surface area contributed by atoms with E-state index in [0.29, 0.717) is 29.8 Å². The summed E-state index contributed by atoms with van der Waals surface area (Å²) in [4.78, 5) is 20.5. The standard InChI is InChI=1S/C15H18N4O5S/c1-8-13(23-12(16-8)6-9-2-3-9)14(20)19-25(21,22)7-11-17-15(24-18-11)10-4-5-10/h9-10H,2-7H2,1H3,(H,19,20). The van der Waals surface area contributed by atoms with Crippen LogP contribution in [0.1, 0.15) is 65.5 Å². The van der Waals surface area contributed by atoms with E-state index in [2.05, 4.69) is 15.1 Å². The number of aryl methyl sites for hydroxylation is 1. The zero-order chi connectivity index (χ0) is 17.6. The molecule has 2 aromatic heterocycles. The van der Waals surface area contributed by atoms with Crippen LogP contribution in [0.2, 0.25) is 0 Å². The molecule has 9 nitrogen and oxygen atoms in total. The van der Waals surface area contributed by atoms with Gasteiger partial charge in [-0.1, -0.05) is 5.16 Å². The van der Waals surface area contributed by atoms with Gasteiger partial charge in [0.15, 0.2) is 11.7 Å². The predicted molar refractivity (Wildman–Crippen MR) is 84.0 cm³/mol. The number of carbonyl (C=O) groups excluding carboxylic acids is 1. The summed E-state index contributed by atoms with van der Waals surface area (Å²) in [6.45, 7) is 1.61. The molecule has 1 amide bonds. The summed E-state index contributed by atoms with van der Waals surface area (Å²) in [5.74, 6) is 0.297. The lowest BCUT2D eigenvalue weighted by Gasteiger charge is -2.03. The predicted octanol–water partition coefficient (Wildman–Crippen LogP) is 1.46. The number of carbonyl (C=O) groups is 1. The van der Waals surface area contributed by atoms with Gasteiger partial charge in [-0.2, -0.15) is 4.98 Å². The van der Waals surface area contributed by atoms with Crippen LogP contribution in [0.4, 0.5) is 0 Å². The van der Waals surface area contributed by atoms with Crippen LogP contribution in [0, 0.1) is 12.8 Å². The third-order valence-corrected chi connectivity index (χ3v) is 5.32. The topological polar surface area (TPSA) is 128 Å². The first-order chi connectivity index (χ1) is 11.9. The highest BCUT2D eigenvalue weighted by Crippen LogP contribution is 2.38. The van der Waals surface area contributed by atoms with Crippen molar-refractivity contribution in [2.75, 3.05) is 0 Å². The van der Waals surface area contributed by atoms with Crippen LogP contribution >= 0.6 is 0 Å². The number of oxazole rings is 1. The molecule has 0 radical (unpaired) electrons. The van der Waals surface area contributed by atoms with E-state index in [1.54, 1.807) is 6.92 Å². The van der Waals surface area contributed by atoms with Crippen LogP contribution in [0.25, 0.3) is 0 Å². The minimum atomic E-state index is -3.96. The highest BCUT2D eigenvalue weighted by atomic mass is 32.2. The van der Waals surface area contributed by atoms with Gasteiger partial charge in [0.25, 0.3) is 0 Å². The summed E-state index contributed by atoms with van der Waals surface area (Å²) in [6.07, 6.45) is 4.88. The van der Waals surface area contributed by atoms with Gasteiger partial charge in [-0.05, 0) is 38.5 Å². The van der Waals surface area contributed by atoms with Gasteiger partial charge < -0.3 is 8.94 Å². The fourth-order valence-corrected chi connectivity index (χ4v) is 3.44. The minimum Gasteiger partial charge on any atom is -0.435 e. The Morgan fingerprint density at radius 3 is 2.68 bits per heavy atom. The minimum absolute atomic E-state index is 0.0333. The quantitative estimate of drug-likeness (QED) is 0.780. The van der Waals surface area contributed by atoms with Gasteiger partial charge in [-0.3, -0.25) is 4.79 Å². The molecule has 2 aliphatic carbocycles. The second-order valence-electron chi connectivity index (χ2n) is 6.68. The van der Waals surface area contributed by atoms with Gasteiger partial charge in [-0.15, -0.1) is 0 Å². The van der Waals surface area contributed by atoms with Crippen LogP contribution in [-0.4, -0.2) is 29.4 Å². The Kier molecular flexibility index (Phi) is 3.86. The van der Waals surface area contributed by atoms with E-state index in [1.807, 2.05) is 4.72 Å². The highest BCUT2D eigenvalue weighted by molar-refractivity contribution is 7.89. The molecule has 0 unspecified atom stereocenters. The van der Waals surface area contributed by atoms with Crippen molar-refractivity contribution in [3.63, 3.8) is 0 Å². The van der Waals surface area contributed by atoms with Crippen molar-refractivity contribution in [3.8, 4) is 0 Å². The molecule has 0 saturated heterocycles. The molecule has 2 heterocycles. The van der Waals surface area contributed by atoms with Crippen LogP contribution in [0.3, 0.4) is 0 Å². The highest BCUT2D eigenvalue weighted by Gasteiger charge is 2.31. The van der Waals surface area contributed by atoms with E-state index in [1.165, 1.54) is 0 Å². The zero-order valence-corrected chi connectivity index (χ0v) is 14.5. The molecule has 10 heteroatoms. The van der Waals surface area contributed by atoms with E-state index in [-0.39, 0.29) is 17.5 Å². The summed E-state index contributed by atoms with van der Waals surface area (Å²) in [7, 11) is -3.96. The number of aromatic nitrogens is 3. The van der Waals surface area contributed by atoms with Crippen molar-refractivity contribution < 1.29 is 22.2 Å². The number of sulfonamides is 1. The fraction of sp³-hybridized carbons (Fsp3) is 0.600. The van der Waals surface area contributed by atoms with Crippen molar-refractivity contribution >= 4 is 15.9 Å². The van der Waals surface area contributed by atoms with E-state index in [0.717, 1.165) is 25.7 Å². The number of amides is 1. The molecule has 2 fully saturated rings. The number of hydrogen-bond donors (Lipinski definition) is 1. The van der Waals surface area contributed by atoms with E-state index >= 15 is 0 Å². The normalized spacial score (nSPS) is 17.6. The largest absolute Gasteiger partial charge is 0.435 e. The molecular formula is C15H18N4O5S. The number of rotatable bonds is 7. The van der Waals surface area contributed by atoms with Crippen LogP contribution < -0.4 is 4.72 Å². The molecule has 1 N–H and O–H groups in total. The average Bonchev–Trinajstić information content (AvgIpc) is 3.43. The monoisotopic (exact) mass is 366 g/mol. The molecular weight excluding hydrogens is 348 g/mol. The summed E-state index contributed by atoms with van der Waals surface area (Å²) >= 11 is 0. The Bertz CT molecular complexity index is 908. The average molecular weight is 366 g/mol. The SMILES string of the molecule is Cc1nc(CC2CC2)oc1C(=O)NS(=O)(=O)Cc1noc(C2CC2)n1. The first kappa shape index (κ1) is 16.2. The maximum atomic E-state index is 12.2. The Balaban J connectivity index is 1.42. The van der Waals surface area contributed by atoms with Gasteiger partial charge in [0.05, 0.1) is 5.69 Å². The lowest BCUT2D eigenvalue weighted by Crippen LogP contribution is -2.32. The molecule has 2 aliphatic rings. The molecule has 0 aromatic carbocycles. The number of hydrogen-bond acceptors (Lipinski definition) is 8. The van der Waals surface area contributed by atoms with Gasteiger partial charge in [0, 0.05) is 12.3 Å². The maximum absolute atomic E-state index is 12.2. The van der Waals surface area contributed by atoms with E-state index < -0.39 is 21.7 Å². The Hall–Kier alpha value is -2.23. The third kappa shape index (κ3) is 3.89. The second kappa shape index (κ2) is 5.94. The number of nitrogens with one attached hydrogen (secondary N) is 1. The Morgan fingerprint density at radius 1 is 1.24 bits per heavy atom. The second-order valence-corrected chi connectivity index (χ2v) is 8.41. The summed E-state index contributed by atoms with van der Waals surface area (Å²) in [5, 5.41) is 3.65. The lowest BCUT2D eigenvalue weighted by atomic mass is 10.3. The van der Waals surface area contributed by atoms with Crippen LogP contribution in [0.5, 0.6) is 0 Å². The van der Waals surface area contributed by atoms with Crippen molar-refractivity contribution in [3.05, 3.63) is 29.1 Å². The van der Waals surface area contributed by atoms with Crippen LogP contribution in [-0.2, 0) is 22.2 Å². The van der Waals surface area contributed by atoms with Gasteiger partial charge in [-0.25, -0.2) is 18.1 Å². The Labute approximate surface area is 144 Å². The van der Waals surface area contributed by atoms with Crippen molar-refractivity contribution in [2.24, 2.45) is 5.92 Å². The van der Waals surface area contributed by atoms with Gasteiger partial charge in [0.2, 0.25) is 21.7 Å². The first-order valence-electron chi connectivity index (χ1n) is 8.23. The molecule has 2 saturated carbocycles. The third-order valence-electron chi connectivity index (χ3n) is 4.19. The number of nitrogens with zero attached hydrogens (tertiary/aromatic N) is 3. The lowest BCUT2D eigenvalue weighted by molar-refractivity contribution is 0.0951. The molecule has 25 heavy (non-hydrogen) atoms. The maximum Gasteiger partial charge on any atom is 0.302 e. The smallest absolute Gasteiger partial charge is 0.302 e. The molecule has 0 aliphatic heterocycles. The fourth-order valence-electron chi connectivity index (χ4n) is 2.54. The van der Waals surface area contributed by atoms with Crippen molar-refractivity contribution in [1.29, 1.82) is 0 Å². The Morgan fingerprint density at radius 2 is 2.00 bits per heavy atom. The van der Waals surface area contributed by atoms with Gasteiger partial charge in [0.1, 0.15) is 5.75 Å². The van der Waals surface area contributed by atoms with E-state index in [4.69, 9.17) is 8.94 Å². The van der Waals surface area contributed by atoms with Crippen LogP contribution in [0.15, 0.2) is 8.94 Å². The molecule has 2 aromatic rings. The van der Waals surface area contributed by atoms with Crippen molar-refractivity contribution in [1.82, 2.24) is 19.8 Å². The van der Waals surface area contributed by atoms with Gasteiger partial charge >= 0.3 is 5.91 Å². The summed E-state index contributed by atoms with van der Waals surface area (Å²) in [5.41, 5.74) is 0.374.